The number of hydrogen-bond acceptors (Lipinski definition) is 6. The van der Waals surface area contributed by atoms with Crippen molar-refractivity contribution < 1.29 is 14.3 Å². The Hall–Kier alpha value is -2.35. The number of para-hydroxylation sites is 2. The highest BCUT2D eigenvalue weighted by atomic mass is 35.5. The minimum Gasteiger partial charge on any atom is -0.492 e. The molecule has 31 heavy (non-hydrogen) atoms. The zero-order valence-electron chi connectivity index (χ0n) is 18.2. The van der Waals surface area contributed by atoms with Gasteiger partial charge in [-0.05, 0) is 44.3 Å². The molecule has 3 rings (SSSR count). The van der Waals surface area contributed by atoms with Crippen molar-refractivity contribution >= 4 is 45.0 Å². The van der Waals surface area contributed by atoms with Crippen LogP contribution >= 0.6 is 23.7 Å². The number of hydrogen-bond donors (Lipinski definition) is 0. The van der Waals surface area contributed by atoms with Gasteiger partial charge in [0.15, 0.2) is 11.7 Å². The van der Waals surface area contributed by atoms with Crippen LogP contribution in [0.25, 0.3) is 10.2 Å². The maximum absolute atomic E-state index is 13.1. The Kier molecular flexibility index (Phi) is 10.0. The van der Waals surface area contributed by atoms with E-state index in [1.54, 1.807) is 4.90 Å². The molecule has 0 aliphatic rings. The number of amides is 1. The third-order valence-electron chi connectivity index (χ3n) is 4.84. The monoisotopic (exact) mass is 463 g/mol. The molecular formula is C23H30ClN3O3S. The van der Waals surface area contributed by atoms with E-state index in [1.807, 2.05) is 55.5 Å². The van der Waals surface area contributed by atoms with E-state index < -0.39 is 0 Å². The number of ether oxygens (including phenoxy) is 2. The molecule has 0 saturated carbocycles. The average Bonchev–Trinajstić information content (AvgIpc) is 3.21. The Morgan fingerprint density at radius 2 is 1.71 bits per heavy atom. The number of likely N-dealkylation sites (N-methyl/N-ethyl adjacent to an activating group) is 1. The number of aromatic nitrogens is 1. The van der Waals surface area contributed by atoms with E-state index in [2.05, 4.69) is 18.7 Å². The first-order valence-electron chi connectivity index (χ1n) is 10.4. The molecule has 0 aliphatic carbocycles. The van der Waals surface area contributed by atoms with Gasteiger partial charge >= 0.3 is 0 Å². The molecule has 0 saturated heterocycles. The van der Waals surface area contributed by atoms with Crippen molar-refractivity contribution in [2.24, 2.45) is 0 Å². The van der Waals surface area contributed by atoms with Gasteiger partial charge < -0.3 is 14.4 Å². The number of halogens is 1. The predicted octanol–water partition coefficient (Wildman–Crippen LogP) is 4.87. The molecule has 3 aromatic rings. The first kappa shape index (κ1) is 24.9. The summed E-state index contributed by atoms with van der Waals surface area (Å²) in [5.41, 5.74) is 0.795. The summed E-state index contributed by atoms with van der Waals surface area (Å²) in [5, 5.41) is 0.672. The fourth-order valence-electron chi connectivity index (χ4n) is 3.15. The van der Waals surface area contributed by atoms with E-state index in [0.29, 0.717) is 24.0 Å². The number of anilines is 1. The van der Waals surface area contributed by atoms with E-state index in [1.165, 1.54) is 11.3 Å². The number of fused-ring (bicyclic) bond motifs is 1. The first-order valence-corrected chi connectivity index (χ1v) is 11.2. The average molecular weight is 464 g/mol. The number of rotatable bonds is 11. The largest absolute Gasteiger partial charge is 0.492 e. The van der Waals surface area contributed by atoms with Crippen molar-refractivity contribution in [3.63, 3.8) is 0 Å². The van der Waals surface area contributed by atoms with Crippen molar-refractivity contribution in [2.45, 2.75) is 20.8 Å². The number of carbonyl (C=O) groups is 1. The lowest BCUT2D eigenvalue weighted by Gasteiger charge is -2.24. The minimum absolute atomic E-state index is 0. The molecule has 0 radical (unpaired) electrons. The lowest BCUT2D eigenvalue weighted by atomic mass is 10.3. The molecule has 1 heterocycles. The Bertz CT molecular complexity index is 948. The van der Waals surface area contributed by atoms with Crippen LogP contribution in [-0.4, -0.2) is 55.2 Å². The second kappa shape index (κ2) is 12.5. The summed E-state index contributed by atoms with van der Waals surface area (Å²) in [6.45, 7) is 9.95. The Balaban J connectivity index is 0.00000341. The molecule has 0 atom stereocenters. The highest BCUT2D eigenvalue weighted by Gasteiger charge is 2.22. The summed E-state index contributed by atoms with van der Waals surface area (Å²) in [5.74, 6) is 1.31. The molecule has 0 spiro atoms. The molecule has 0 unspecified atom stereocenters. The van der Waals surface area contributed by atoms with Crippen LogP contribution in [0.15, 0.2) is 48.5 Å². The number of nitrogens with zero attached hydrogens (tertiary/aromatic N) is 3. The summed E-state index contributed by atoms with van der Waals surface area (Å²) in [7, 11) is 0. The molecule has 0 N–H and O–H groups in total. The van der Waals surface area contributed by atoms with E-state index in [-0.39, 0.29) is 24.9 Å². The Morgan fingerprint density at radius 3 is 2.39 bits per heavy atom. The SMILES string of the molecule is CCOc1cccc2sc(N(CCN(CC)CC)C(=O)COc3ccccc3)nc12.Cl. The molecule has 0 aliphatic heterocycles. The minimum atomic E-state index is -0.108. The molecule has 6 nitrogen and oxygen atoms in total. The van der Waals surface area contributed by atoms with Crippen molar-refractivity contribution in [1.29, 1.82) is 0 Å². The molecule has 1 amide bonds. The highest BCUT2D eigenvalue weighted by Crippen LogP contribution is 2.34. The fraction of sp³-hybridized carbons (Fsp3) is 0.391. The maximum Gasteiger partial charge on any atom is 0.266 e. The van der Waals surface area contributed by atoms with Gasteiger partial charge in [-0.15, -0.1) is 12.4 Å². The third kappa shape index (κ3) is 6.56. The zero-order valence-corrected chi connectivity index (χ0v) is 19.9. The topological polar surface area (TPSA) is 54.9 Å². The van der Waals surface area contributed by atoms with Gasteiger partial charge in [-0.1, -0.05) is 49.4 Å². The molecule has 0 bridgehead atoms. The summed E-state index contributed by atoms with van der Waals surface area (Å²) >= 11 is 1.50. The van der Waals surface area contributed by atoms with Crippen LogP contribution in [0.1, 0.15) is 20.8 Å². The van der Waals surface area contributed by atoms with Crippen LogP contribution in [0, 0.1) is 0 Å². The molecule has 168 valence electrons. The van der Waals surface area contributed by atoms with E-state index in [0.717, 1.165) is 35.6 Å². The number of benzene rings is 2. The van der Waals surface area contributed by atoms with Crippen molar-refractivity contribution in [3.05, 3.63) is 48.5 Å². The van der Waals surface area contributed by atoms with Gasteiger partial charge in [-0.3, -0.25) is 9.69 Å². The van der Waals surface area contributed by atoms with E-state index >= 15 is 0 Å². The van der Waals surface area contributed by atoms with Gasteiger partial charge in [0.25, 0.3) is 5.91 Å². The second-order valence-electron chi connectivity index (χ2n) is 6.71. The predicted molar refractivity (Wildman–Crippen MR) is 130 cm³/mol. The summed E-state index contributed by atoms with van der Waals surface area (Å²) in [6.07, 6.45) is 0. The van der Waals surface area contributed by atoms with Crippen molar-refractivity contribution in [3.8, 4) is 11.5 Å². The summed E-state index contributed by atoms with van der Waals surface area (Å²) < 4.78 is 12.4. The van der Waals surface area contributed by atoms with Crippen LogP contribution in [0.3, 0.4) is 0 Å². The van der Waals surface area contributed by atoms with Crippen molar-refractivity contribution in [1.82, 2.24) is 9.88 Å². The normalized spacial score (nSPS) is 10.7. The van der Waals surface area contributed by atoms with Crippen LogP contribution in [0.5, 0.6) is 11.5 Å². The summed E-state index contributed by atoms with van der Waals surface area (Å²) in [4.78, 5) is 21.9. The van der Waals surface area contributed by atoms with E-state index in [9.17, 15) is 4.79 Å². The van der Waals surface area contributed by atoms with Crippen molar-refractivity contribution in [2.75, 3.05) is 44.3 Å². The summed E-state index contributed by atoms with van der Waals surface area (Å²) in [6, 6.07) is 15.3. The second-order valence-corrected chi connectivity index (χ2v) is 7.72. The standard InChI is InChI=1S/C23H29N3O3S.ClH/c1-4-25(5-2)15-16-26(21(27)17-29-18-11-8-7-9-12-18)23-24-22-19(28-6-3)13-10-14-20(22)30-23;/h7-14H,4-6,15-17H2,1-3H3;1H. The lowest BCUT2D eigenvalue weighted by molar-refractivity contribution is -0.120. The molecule has 1 aromatic heterocycles. The zero-order chi connectivity index (χ0) is 21.3. The van der Waals surface area contributed by atoms with E-state index in [4.69, 9.17) is 14.5 Å². The van der Waals surface area contributed by atoms with Crippen LogP contribution in [0.4, 0.5) is 5.13 Å². The quantitative estimate of drug-likeness (QED) is 0.406. The Labute approximate surface area is 194 Å². The van der Waals surface area contributed by atoms with Gasteiger partial charge in [-0.2, -0.15) is 0 Å². The number of carbonyl (C=O) groups excluding carboxylic acids is 1. The number of thiazole rings is 1. The van der Waals surface area contributed by atoms with Gasteiger partial charge in [0.2, 0.25) is 0 Å². The van der Waals surface area contributed by atoms with Gasteiger partial charge in [0.05, 0.1) is 11.3 Å². The van der Waals surface area contributed by atoms with Gasteiger partial charge in [0.1, 0.15) is 17.0 Å². The maximum atomic E-state index is 13.1. The molecule has 2 aromatic carbocycles. The lowest BCUT2D eigenvalue weighted by Crippen LogP contribution is -2.41. The molecular weight excluding hydrogens is 434 g/mol. The van der Waals surface area contributed by atoms with Crippen LogP contribution in [-0.2, 0) is 4.79 Å². The van der Waals surface area contributed by atoms with Gasteiger partial charge in [-0.25, -0.2) is 4.98 Å². The Morgan fingerprint density at radius 1 is 0.968 bits per heavy atom. The smallest absolute Gasteiger partial charge is 0.266 e. The molecule has 8 heteroatoms. The van der Waals surface area contributed by atoms with Gasteiger partial charge in [0, 0.05) is 13.1 Å². The third-order valence-corrected chi connectivity index (χ3v) is 5.89. The molecule has 0 fully saturated rings. The van der Waals surface area contributed by atoms with Crippen LogP contribution < -0.4 is 14.4 Å². The fourth-order valence-corrected chi connectivity index (χ4v) is 4.17. The van der Waals surface area contributed by atoms with Crippen LogP contribution in [0.2, 0.25) is 0 Å². The highest BCUT2D eigenvalue weighted by molar-refractivity contribution is 7.22. The first-order chi connectivity index (χ1) is 14.7.